The van der Waals surface area contributed by atoms with Gasteiger partial charge in [0.15, 0.2) is 0 Å². The number of benzene rings is 6. The number of hydrogen-bond donors (Lipinski definition) is 3. The number of aliphatic hydroxyl groups excluding tert-OH is 1. The highest BCUT2D eigenvalue weighted by molar-refractivity contribution is 8.76. The molecule has 0 radical (unpaired) electrons. The number of para-hydroxylation sites is 1. The smallest absolute Gasteiger partial charge is 0.508 e. The highest BCUT2D eigenvalue weighted by atomic mass is 33.1. The van der Waals surface area contributed by atoms with Crippen LogP contribution in [-0.2, 0) is 30.3 Å². The van der Waals surface area contributed by atoms with Crippen molar-refractivity contribution in [3.8, 4) is 28.1 Å². The van der Waals surface area contributed by atoms with Crippen LogP contribution < -0.4 is 10.2 Å². The Balaban J connectivity index is 0.779. The summed E-state index contributed by atoms with van der Waals surface area (Å²) in [7, 11) is 2.85. The van der Waals surface area contributed by atoms with E-state index in [2.05, 4.69) is 9.88 Å². The van der Waals surface area contributed by atoms with Crippen molar-refractivity contribution in [3.63, 3.8) is 0 Å². The van der Waals surface area contributed by atoms with E-state index in [0.717, 1.165) is 28.1 Å². The molecule has 12 nitrogen and oxygen atoms in total. The van der Waals surface area contributed by atoms with Gasteiger partial charge in [0.25, 0.3) is 5.91 Å². The summed E-state index contributed by atoms with van der Waals surface area (Å²) in [5, 5.41) is 24.3. The first kappa shape index (κ1) is 57.7. The van der Waals surface area contributed by atoms with E-state index in [4.69, 9.17) is 14.2 Å². The quantitative estimate of drug-likeness (QED) is 0.0205. The van der Waals surface area contributed by atoms with Crippen molar-refractivity contribution in [2.45, 2.75) is 83.1 Å². The number of ether oxygens (including phenoxy) is 3. The number of phenols is 1. The van der Waals surface area contributed by atoms with E-state index in [1.807, 2.05) is 74.5 Å². The number of esters is 1. The number of aliphatic hydroxyl groups is 1. The van der Waals surface area contributed by atoms with E-state index < -0.39 is 47.9 Å². The van der Waals surface area contributed by atoms with Crippen molar-refractivity contribution in [2.75, 3.05) is 34.9 Å². The van der Waals surface area contributed by atoms with Gasteiger partial charge < -0.3 is 39.2 Å². The predicted molar refractivity (Wildman–Crippen MR) is 303 cm³/mol. The summed E-state index contributed by atoms with van der Waals surface area (Å²) in [5.41, 5.74) is 6.68. The van der Waals surface area contributed by atoms with E-state index in [-0.39, 0.29) is 61.8 Å². The first-order chi connectivity index (χ1) is 38.2. The predicted octanol–water partition coefficient (Wildman–Crippen LogP) is 14.2. The lowest BCUT2D eigenvalue weighted by molar-refractivity contribution is -0.143. The van der Waals surface area contributed by atoms with Gasteiger partial charge in [-0.1, -0.05) is 108 Å². The first-order valence-electron chi connectivity index (χ1n) is 26.2. The Labute approximate surface area is 465 Å². The van der Waals surface area contributed by atoms with Gasteiger partial charge in [-0.2, -0.15) is 0 Å². The highest BCUT2D eigenvalue weighted by Gasteiger charge is 2.48. The average molecular weight is 1110 g/mol. The average Bonchev–Trinajstić information content (AvgIpc) is 3.86. The maximum Gasteiger partial charge on any atom is 0.508 e. The highest BCUT2D eigenvalue weighted by Crippen LogP contribution is 2.47. The van der Waals surface area contributed by atoms with Crippen LogP contribution in [0.5, 0.6) is 5.75 Å². The fraction of sp³-hybridized carbons (Fsp3) is 0.290. The number of amides is 2. The molecule has 7 aromatic rings. The van der Waals surface area contributed by atoms with Gasteiger partial charge in [0.2, 0.25) is 5.91 Å². The Kier molecular flexibility index (Phi) is 20.4. The number of carbonyl (C=O) groups is 4. The van der Waals surface area contributed by atoms with Gasteiger partial charge in [-0.25, -0.2) is 18.0 Å². The Morgan fingerprint density at radius 2 is 1.29 bits per heavy atom. The van der Waals surface area contributed by atoms with Gasteiger partial charge >= 0.3 is 12.1 Å². The first-order valence-corrected chi connectivity index (χ1v) is 28.7. The van der Waals surface area contributed by atoms with E-state index >= 15 is 0 Å². The molecule has 412 valence electrons. The Hall–Kier alpha value is -7.47. The van der Waals surface area contributed by atoms with Gasteiger partial charge in [0, 0.05) is 47.1 Å². The van der Waals surface area contributed by atoms with Crippen molar-refractivity contribution < 1.29 is 56.8 Å². The Bertz CT molecular complexity index is 3130. The number of hydrogen-bond acceptors (Lipinski definition) is 11. The standard InChI is InChI=1S/C62H62F3N3O9S2/c1-40(2)57-56(60(72)66-48-12-7-4-8-13-48)55(42-10-5-3-6-11-42)59(44-18-24-46(64)25-19-44)67(57)35-34-50(69)14-9-15-54(71)75-36-38-78-79-39-37-76-62(74)77-53(41-16-22-45(63)23-17-41)33-32-52-58(43-20-30-51(70)31-21-43)68(61(52)73)49-28-26-47(65)27-29-49/h3-8,10-13,16-31,40,50,52-53,58,69-70H,9,14-15,32-39H2,1-2H3,(H,66,72)/t50-,52+,53-,58?/m0/s1. The van der Waals surface area contributed by atoms with Crippen molar-refractivity contribution in [3.05, 3.63) is 198 Å². The number of nitrogens with one attached hydrogen (secondary N) is 1. The topological polar surface area (TPSA) is 157 Å². The van der Waals surface area contributed by atoms with Gasteiger partial charge in [-0.05, 0) is 145 Å². The summed E-state index contributed by atoms with van der Waals surface area (Å²) < 4.78 is 60.7. The second-order valence-corrected chi connectivity index (χ2v) is 22.0. The van der Waals surface area contributed by atoms with Crippen LogP contribution in [0.25, 0.3) is 22.4 Å². The minimum absolute atomic E-state index is 0.0149. The Morgan fingerprint density at radius 1 is 0.696 bits per heavy atom. The molecule has 6 aromatic carbocycles. The van der Waals surface area contributed by atoms with Gasteiger partial charge in [-0.3, -0.25) is 14.4 Å². The molecule has 17 heteroatoms. The van der Waals surface area contributed by atoms with Crippen LogP contribution in [0, 0.1) is 23.4 Å². The number of phenolic OH excluding ortho intramolecular Hbond substituents is 1. The molecule has 0 bridgehead atoms. The summed E-state index contributed by atoms with van der Waals surface area (Å²) in [4.78, 5) is 55.3. The molecule has 1 aromatic heterocycles. The summed E-state index contributed by atoms with van der Waals surface area (Å²) in [5.74, 6) is -1.90. The molecule has 1 saturated heterocycles. The van der Waals surface area contributed by atoms with E-state index in [0.29, 0.717) is 65.4 Å². The monoisotopic (exact) mass is 1110 g/mol. The normalized spacial score (nSPS) is 14.8. The zero-order valence-corrected chi connectivity index (χ0v) is 45.4. The summed E-state index contributed by atoms with van der Waals surface area (Å²) in [6.45, 7) is 4.55. The molecular weight excluding hydrogens is 1050 g/mol. The van der Waals surface area contributed by atoms with Crippen LogP contribution in [0.3, 0.4) is 0 Å². The number of halogens is 3. The Morgan fingerprint density at radius 3 is 1.92 bits per heavy atom. The number of aromatic hydroxyl groups is 1. The van der Waals surface area contributed by atoms with Gasteiger partial charge in [0.1, 0.15) is 42.5 Å². The molecule has 1 unspecified atom stereocenters. The van der Waals surface area contributed by atoms with Crippen LogP contribution in [0.2, 0.25) is 0 Å². The molecule has 0 aliphatic carbocycles. The van der Waals surface area contributed by atoms with Crippen molar-refractivity contribution in [2.24, 2.45) is 5.92 Å². The molecule has 79 heavy (non-hydrogen) atoms. The summed E-state index contributed by atoms with van der Waals surface area (Å²) in [6.07, 6.45) is -0.933. The third kappa shape index (κ3) is 15.2. The molecule has 0 spiro atoms. The van der Waals surface area contributed by atoms with E-state index in [9.17, 15) is 42.6 Å². The van der Waals surface area contributed by atoms with Gasteiger partial charge in [0.05, 0.1) is 29.3 Å². The van der Waals surface area contributed by atoms with Crippen molar-refractivity contribution in [1.82, 2.24) is 4.57 Å². The molecule has 1 fully saturated rings. The van der Waals surface area contributed by atoms with Crippen molar-refractivity contribution in [1.29, 1.82) is 0 Å². The van der Waals surface area contributed by atoms with Crippen LogP contribution >= 0.6 is 21.6 Å². The lowest BCUT2D eigenvalue weighted by atomic mass is 9.78. The number of anilines is 2. The van der Waals surface area contributed by atoms with E-state index in [1.54, 1.807) is 29.2 Å². The third-order valence-corrected chi connectivity index (χ3v) is 15.9. The minimum atomic E-state index is -0.934. The van der Waals surface area contributed by atoms with Crippen LogP contribution in [0.15, 0.2) is 158 Å². The van der Waals surface area contributed by atoms with Crippen LogP contribution in [0.4, 0.5) is 29.3 Å². The lowest BCUT2D eigenvalue weighted by Gasteiger charge is -2.48. The number of nitrogens with zero attached hydrogens (tertiary/aromatic N) is 2. The lowest BCUT2D eigenvalue weighted by Crippen LogP contribution is -2.55. The molecule has 0 saturated carbocycles. The maximum absolute atomic E-state index is 14.4. The van der Waals surface area contributed by atoms with Crippen LogP contribution in [-0.4, -0.2) is 69.5 Å². The third-order valence-electron chi connectivity index (χ3n) is 13.6. The number of β-lactam (4-membered cyclic amide) rings is 1. The molecule has 4 atom stereocenters. The fourth-order valence-corrected chi connectivity index (χ4v) is 11.5. The zero-order chi connectivity index (χ0) is 55.8. The molecule has 2 amide bonds. The van der Waals surface area contributed by atoms with Gasteiger partial charge in [-0.15, -0.1) is 0 Å². The SMILES string of the molecule is CC(C)c1c(C(=O)Nc2ccccc2)c(-c2ccccc2)c(-c2ccc(F)cc2)n1CC[C@@H](O)CCCC(=O)OCCSSCCOC(=O)O[C@@H](CC[C@H]1C(=O)N(c2ccc(F)cc2)C1c1ccc(O)cc1)c1ccc(F)cc1. The molecule has 8 rings (SSSR count). The molecule has 1 aliphatic rings. The number of rotatable bonds is 26. The number of carbonyl (C=O) groups excluding carboxylic acids is 4. The summed E-state index contributed by atoms with van der Waals surface area (Å²) in [6, 6.07) is 42.2. The van der Waals surface area contributed by atoms with Crippen LogP contribution in [0.1, 0.15) is 97.6 Å². The minimum Gasteiger partial charge on any atom is -0.508 e. The summed E-state index contributed by atoms with van der Waals surface area (Å²) >= 11 is 0. The molecule has 3 N–H and O–H groups in total. The second-order valence-electron chi connectivity index (χ2n) is 19.3. The molecular formula is C62H62F3N3O9S2. The fourth-order valence-electron chi connectivity index (χ4n) is 9.88. The maximum atomic E-state index is 14.4. The number of aromatic nitrogens is 1. The zero-order valence-electron chi connectivity index (χ0n) is 43.8. The molecule has 1 aliphatic heterocycles. The van der Waals surface area contributed by atoms with Crippen molar-refractivity contribution >= 4 is 56.9 Å². The van der Waals surface area contributed by atoms with E-state index in [1.165, 1.54) is 94.4 Å². The largest absolute Gasteiger partial charge is 0.508 e. The molecule has 2 heterocycles. The second kappa shape index (κ2) is 27.9.